The van der Waals surface area contributed by atoms with Crippen molar-refractivity contribution < 1.29 is 4.99 Å². The Morgan fingerprint density at radius 3 is 2.15 bits per heavy atom. The number of aromatic nitrogens is 1. The van der Waals surface area contributed by atoms with E-state index in [1.807, 2.05) is 0 Å². The fraction of sp³-hybridized carbons (Fsp3) is 0.471. The Kier molecular flexibility index (Phi) is 5.58. The third-order valence-corrected chi connectivity index (χ3v) is 4.26. The third-order valence-electron chi connectivity index (χ3n) is 4.26. The van der Waals surface area contributed by atoms with Gasteiger partial charge in [-0.2, -0.15) is 0 Å². The van der Waals surface area contributed by atoms with Gasteiger partial charge in [0.1, 0.15) is 0 Å². The second kappa shape index (κ2) is 6.57. The van der Waals surface area contributed by atoms with Crippen molar-refractivity contribution in [3.63, 3.8) is 0 Å². The molecule has 0 atom stereocenters. The van der Waals surface area contributed by atoms with Gasteiger partial charge in [0.15, 0.2) is 5.71 Å². The van der Waals surface area contributed by atoms with Crippen LogP contribution in [-0.2, 0) is 6.42 Å². The predicted octanol–water partition coefficient (Wildman–Crippen LogP) is 3.39. The van der Waals surface area contributed by atoms with Gasteiger partial charge in [0.25, 0.3) is 0 Å². The SMILES string of the molecule is Br.CCC1=C(C)/C(=C/c2[nH]c(C)c(CC)c2C)[NH+]=C1C. The quantitative estimate of drug-likeness (QED) is 0.846. The highest BCUT2D eigenvalue weighted by Crippen LogP contribution is 2.23. The van der Waals surface area contributed by atoms with Crippen LogP contribution < -0.4 is 4.99 Å². The van der Waals surface area contributed by atoms with E-state index in [0.29, 0.717) is 0 Å². The Morgan fingerprint density at radius 2 is 1.70 bits per heavy atom. The van der Waals surface area contributed by atoms with Gasteiger partial charge in [0.05, 0.1) is 0 Å². The lowest BCUT2D eigenvalue weighted by molar-refractivity contribution is -0.386. The Hall–Kier alpha value is -1.09. The van der Waals surface area contributed by atoms with Crippen LogP contribution in [0.2, 0.25) is 0 Å². The van der Waals surface area contributed by atoms with Crippen molar-refractivity contribution in [1.82, 2.24) is 4.98 Å². The van der Waals surface area contributed by atoms with Gasteiger partial charge in [-0.1, -0.05) is 13.8 Å². The lowest BCUT2D eigenvalue weighted by Crippen LogP contribution is -2.67. The first kappa shape index (κ1) is 17.0. The minimum Gasteiger partial charge on any atom is -0.358 e. The summed E-state index contributed by atoms with van der Waals surface area (Å²) in [4.78, 5) is 7.02. The first-order chi connectivity index (χ1) is 8.99. The molecule has 1 aromatic heterocycles. The largest absolute Gasteiger partial charge is 0.358 e. The Morgan fingerprint density at radius 1 is 1.05 bits per heavy atom. The smallest absolute Gasteiger partial charge is 0.209 e. The van der Waals surface area contributed by atoms with Crippen molar-refractivity contribution in [1.29, 1.82) is 0 Å². The zero-order chi connectivity index (χ0) is 14.2. The molecule has 0 radical (unpaired) electrons. The van der Waals surface area contributed by atoms with E-state index in [-0.39, 0.29) is 17.0 Å². The molecule has 0 bridgehead atoms. The lowest BCUT2D eigenvalue weighted by atomic mass is 10.0. The monoisotopic (exact) mass is 337 g/mol. The van der Waals surface area contributed by atoms with Crippen molar-refractivity contribution in [3.8, 4) is 0 Å². The highest BCUT2D eigenvalue weighted by molar-refractivity contribution is 8.93. The molecule has 0 fully saturated rings. The van der Waals surface area contributed by atoms with Crippen LogP contribution in [0, 0.1) is 13.8 Å². The van der Waals surface area contributed by atoms with E-state index in [1.165, 1.54) is 45.1 Å². The summed E-state index contributed by atoms with van der Waals surface area (Å²) in [5.74, 6) is 0. The van der Waals surface area contributed by atoms with Gasteiger partial charge in [-0.25, -0.2) is 4.99 Å². The second-order valence-electron chi connectivity index (χ2n) is 5.39. The van der Waals surface area contributed by atoms with Crippen molar-refractivity contribution in [2.45, 2.75) is 54.4 Å². The summed E-state index contributed by atoms with van der Waals surface area (Å²) >= 11 is 0. The van der Waals surface area contributed by atoms with E-state index >= 15 is 0 Å². The first-order valence-corrected chi connectivity index (χ1v) is 7.20. The summed E-state index contributed by atoms with van der Waals surface area (Å²) in [7, 11) is 0. The van der Waals surface area contributed by atoms with Gasteiger partial charge in [0.2, 0.25) is 5.70 Å². The summed E-state index contributed by atoms with van der Waals surface area (Å²) in [5.41, 5.74) is 10.7. The maximum atomic E-state index is 3.51. The zero-order valence-electron chi connectivity index (χ0n) is 13.4. The average molecular weight is 338 g/mol. The maximum Gasteiger partial charge on any atom is 0.209 e. The van der Waals surface area contributed by atoms with E-state index in [1.54, 1.807) is 0 Å². The molecule has 20 heavy (non-hydrogen) atoms. The molecule has 2 N–H and O–H groups in total. The van der Waals surface area contributed by atoms with Crippen molar-refractivity contribution in [2.75, 3.05) is 0 Å². The van der Waals surface area contributed by atoms with Crippen LogP contribution >= 0.6 is 17.0 Å². The summed E-state index contributed by atoms with van der Waals surface area (Å²) in [5, 5.41) is 0. The van der Waals surface area contributed by atoms with Crippen LogP contribution in [0.15, 0.2) is 16.8 Å². The highest BCUT2D eigenvalue weighted by atomic mass is 79.9. The minimum atomic E-state index is 0. The number of halogens is 1. The average Bonchev–Trinajstić information content (AvgIpc) is 2.78. The zero-order valence-corrected chi connectivity index (χ0v) is 15.1. The molecule has 0 spiro atoms. The number of H-pyrrole nitrogens is 1. The van der Waals surface area contributed by atoms with Gasteiger partial charge in [-0.3, -0.25) is 0 Å². The number of allylic oxidation sites excluding steroid dienone is 2. The van der Waals surface area contributed by atoms with Gasteiger partial charge in [-0.05, 0) is 44.7 Å². The molecule has 0 aliphatic carbocycles. The molecule has 0 unspecified atom stereocenters. The fourth-order valence-electron chi connectivity index (χ4n) is 3.12. The van der Waals surface area contributed by atoms with Crippen LogP contribution in [0.1, 0.15) is 56.6 Å². The van der Waals surface area contributed by atoms with Gasteiger partial charge < -0.3 is 4.98 Å². The number of aryl methyl sites for hydroxylation is 1. The van der Waals surface area contributed by atoms with Crippen molar-refractivity contribution in [3.05, 3.63) is 39.4 Å². The van der Waals surface area contributed by atoms with Crippen LogP contribution in [0.25, 0.3) is 6.08 Å². The number of hydrogen-bond donors (Lipinski definition) is 2. The van der Waals surface area contributed by atoms with E-state index in [0.717, 1.165) is 12.8 Å². The number of nitrogens with one attached hydrogen (secondary N) is 2. The Bertz CT molecular complexity index is 601. The molecule has 1 aliphatic heterocycles. The predicted molar refractivity (Wildman–Crippen MR) is 92.6 cm³/mol. The van der Waals surface area contributed by atoms with Gasteiger partial charge >= 0.3 is 0 Å². The Labute approximate surface area is 132 Å². The van der Waals surface area contributed by atoms with Crippen molar-refractivity contribution in [2.24, 2.45) is 0 Å². The normalized spacial score (nSPS) is 16.7. The molecule has 0 aromatic carbocycles. The molecular formula is C17H26BrN2+. The topological polar surface area (TPSA) is 29.8 Å². The summed E-state index contributed by atoms with van der Waals surface area (Å²) < 4.78 is 0. The summed E-state index contributed by atoms with van der Waals surface area (Å²) in [6.45, 7) is 13.2. The van der Waals surface area contributed by atoms with Gasteiger partial charge in [-0.15, -0.1) is 17.0 Å². The standard InChI is InChI=1S/C17H24N2.BrH/c1-7-14-10(3)16(18-12(14)5)9-17-11(4)15(8-2)13(6)19-17;/h9,18H,7-8H2,1-6H3;1H/p+1/b17-9-;. The first-order valence-electron chi connectivity index (χ1n) is 7.20. The summed E-state index contributed by atoms with van der Waals surface area (Å²) in [6.07, 6.45) is 4.43. The molecule has 2 nitrogen and oxygen atoms in total. The summed E-state index contributed by atoms with van der Waals surface area (Å²) in [6, 6.07) is 0. The molecule has 110 valence electrons. The number of aromatic amines is 1. The van der Waals surface area contributed by atoms with Crippen LogP contribution in [-0.4, -0.2) is 10.7 Å². The molecule has 2 heterocycles. The molecule has 1 aliphatic rings. The molecule has 0 saturated heterocycles. The molecular weight excluding hydrogens is 312 g/mol. The number of rotatable bonds is 3. The molecule has 3 heteroatoms. The molecule has 0 amide bonds. The van der Waals surface area contributed by atoms with Crippen LogP contribution in [0.3, 0.4) is 0 Å². The Balaban J connectivity index is 0.00000200. The van der Waals surface area contributed by atoms with Crippen LogP contribution in [0.5, 0.6) is 0 Å². The van der Waals surface area contributed by atoms with Crippen LogP contribution in [0.4, 0.5) is 0 Å². The second-order valence-corrected chi connectivity index (χ2v) is 5.39. The molecule has 1 aromatic rings. The fourth-order valence-corrected chi connectivity index (χ4v) is 3.12. The van der Waals surface area contributed by atoms with E-state index in [2.05, 4.69) is 57.6 Å². The maximum absolute atomic E-state index is 3.51. The molecule has 0 saturated carbocycles. The van der Waals surface area contributed by atoms with E-state index in [9.17, 15) is 0 Å². The van der Waals surface area contributed by atoms with E-state index in [4.69, 9.17) is 0 Å². The van der Waals surface area contributed by atoms with E-state index < -0.39 is 0 Å². The lowest BCUT2D eigenvalue weighted by Gasteiger charge is -1.96. The van der Waals surface area contributed by atoms with Gasteiger partial charge in [0, 0.05) is 35.5 Å². The molecule has 2 rings (SSSR count). The van der Waals surface area contributed by atoms with Crippen molar-refractivity contribution >= 4 is 28.8 Å². The highest BCUT2D eigenvalue weighted by Gasteiger charge is 2.23. The minimum absolute atomic E-state index is 0. The third kappa shape index (κ3) is 2.83. The number of hydrogen-bond acceptors (Lipinski definition) is 0.